The lowest BCUT2D eigenvalue weighted by Gasteiger charge is -2.14. The van der Waals surface area contributed by atoms with E-state index >= 15 is 0 Å². The van der Waals surface area contributed by atoms with Crippen LogP contribution in [0.2, 0.25) is 0 Å². The van der Waals surface area contributed by atoms with Crippen molar-refractivity contribution in [2.75, 3.05) is 0 Å². The Balaban J connectivity index is 2.29. The highest BCUT2D eigenvalue weighted by atomic mass is 79.9. The van der Waals surface area contributed by atoms with Gasteiger partial charge in [-0.05, 0) is 29.3 Å². The molecule has 0 aliphatic carbocycles. The Bertz CT molecular complexity index is 573. The van der Waals surface area contributed by atoms with Crippen LogP contribution < -0.4 is 11.3 Å². The molecule has 6 nitrogen and oxygen atoms in total. The minimum atomic E-state index is -0.0285. The molecule has 3 N–H and O–H groups in total. The lowest BCUT2D eigenvalue weighted by Crippen LogP contribution is -2.30. The van der Waals surface area contributed by atoms with E-state index in [4.69, 9.17) is 5.84 Å². The molecular weight excluding hydrogens is 320 g/mol. The average molecular weight is 341 g/mol. The zero-order chi connectivity index (χ0) is 14.7. The normalized spacial score (nSPS) is 12.8. The van der Waals surface area contributed by atoms with Gasteiger partial charge in [0, 0.05) is 26.2 Å². The molecule has 0 fully saturated rings. The highest BCUT2D eigenvalue weighted by Crippen LogP contribution is 2.26. The number of nitrogens with two attached hydrogens (primary N) is 1. The smallest absolute Gasteiger partial charge is 0.0947 e. The predicted octanol–water partition coefficient (Wildman–Crippen LogP) is 1.71. The Morgan fingerprint density at radius 3 is 2.70 bits per heavy atom. The van der Waals surface area contributed by atoms with Crippen LogP contribution in [0.4, 0.5) is 0 Å². The quantitative estimate of drug-likeness (QED) is 0.620. The van der Waals surface area contributed by atoms with Crippen molar-refractivity contribution in [2.45, 2.75) is 39.3 Å². The van der Waals surface area contributed by atoms with Gasteiger partial charge in [-0.2, -0.15) is 5.10 Å². The molecule has 1 atom stereocenters. The molecule has 2 rings (SSSR count). The molecule has 0 saturated heterocycles. The van der Waals surface area contributed by atoms with E-state index in [0.29, 0.717) is 0 Å². The van der Waals surface area contributed by atoms with Gasteiger partial charge in [0.05, 0.1) is 33.9 Å². The Kier molecular flexibility index (Phi) is 4.95. The lowest BCUT2D eigenvalue weighted by atomic mass is 10.1. The highest BCUT2D eigenvalue weighted by Gasteiger charge is 2.20. The zero-order valence-corrected chi connectivity index (χ0v) is 13.7. The van der Waals surface area contributed by atoms with E-state index < -0.39 is 0 Å². The molecule has 2 aromatic heterocycles. The van der Waals surface area contributed by atoms with Crippen molar-refractivity contribution in [3.05, 3.63) is 34.1 Å². The van der Waals surface area contributed by atoms with Crippen molar-refractivity contribution in [2.24, 2.45) is 12.9 Å². The first kappa shape index (κ1) is 15.2. The molecule has 0 bridgehead atoms. The van der Waals surface area contributed by atoms with Crippen molar-refractivity contribution in [1.82, 2.24) is 24.8 Å². The SMILES string of the molecule is CCc1nn(CC)c(CC(NN)c2cn(C)cn2)c1Br. The third-order valence-electron chi connectivity index (χ3n) is 3.37. The molecular formula is C13H21BrN6. The van der Waals surface area contributed by atoms with Gasteiger partial charge < -0.3 is 4.57 Å². The number of rotatable bonds is 6. The molecule has 2 aromatic rings. The largest absolute Gasteiger partial charge is 0.340 e. The summed E-state index contributed by atoms with van der Waals surface area (Å²) in [4.78, 5) is 4.37. The topological polar surface area (TPSA) is 73.7 Å². The standard InChI is InChI=1S/C13H21BrN6/c1-4-9-13(14)12(20(5-2)18-9)6-10(17-15)11-7-19(3)8-16-11/h7-8,10,17H,4-6,15H2,1-3H3. The molecule has 0 saturated carbocycles. The van der Waals surface area contributed by atoms with Crippen LogP contribution in [-0.4, -0.2) is 19.3 Å². The summed E-state index contributed by atoms with van der Waals surface area (Å²) in [6.45, 7) is 5.04. The maximum Gasteiger partial charge on any atom is 0.0947 e. The summed E-state index contributed by atoms with van der Waals surface area (Å²) in [5, 5.41) is 4.61. The first-order chi connectivity index (χ1) is 9.60. The maximum absolute atomic E-state index is 5.70. The van der Waals surface area contributed by atoms with E-state index in [1.165, 1.54) is 0 Å². The molecule has 0 amide bonds. The Morgan fingerprint density at radius 2 is 2.20 bits per heavy atom. The lowest BCUT2D eigenvalue weighted by molar-refractivity contribution is 0.507. The van der Waals surface area contributed by atoms with Crippen LogP contribution in [-0.2, 0) is 26.4 Å². The molecule has 1 unspecified atom stereocenters. The molecule has 0 aliphatic heterocycles. The fourth-order valence-corrected chi connectivity index (χ4v) is 2.99. The van der Waals surface area contributed by atoms with Gasteiger partial charge in [0.1, 0.15) is 0 Å². The van der Waals surface area contributed by atoms with E-state index in [9.17, 15) is 0 Å². The van der Waals surface area contributed by atoms with E-state index in [1.807, 2.05) is 22.5 Å². The van der Waals surface area contributed by atoms with Gasteiger partial charge in [0.15, 0.2) is 0 Å². The van der Waals surface area contributed by atoms with E-state index in [1.54, 1.807) is 6.33 Å². The molecule has 0 spiro atoms. The minimum absolute atomic E-state index is 0.0285. The van der Waals surface area contributed by atoms with Crippen molar-refractivity contribution < 1.29 is 0 Å². The number of imidazole rings is 1. The molecule has 2 heterocycles. The summed E-state index contributed by atoms with van der Waals surface area (Å²) in [6, 6.07) is -0.0285. The summed E-state index contributed by atoms with van der Waals surface area (Å²) in [7, 11) is 1.95. The second-order valence-corrected chi connectivity index (χ2v) is 5.56. The van der Waals surface area contributed by atoms with Crippen LogP contribution in [0, 0.1) is 0 Å². The molecule has 110 valence electrons. The van der Waals surface area contributed by atoms with Gasteiger partial charge in [0.25, 0.3) is 0 Å². The third kappa shape index (κ3) is 2.94. The predicted molar refractivity (Wildman–Crippen MR) is 82.0 cm³/mol. The first-order valence-electron chi connectivity index (χ1n) is 6.78. The van der Waals surface area contributed by atoms with E-state index in [2.05, 4.69) is 45.3 Å². The van der Waals surface area contributed by atoms with E-state index in [-0.39, 0.29) is 6.04 Å². The number of nitrogens with zero attached hydrogens (tertiary/aromatic N) is 4. The number of nitrogens with one attached hydrogen (secondary N) is 1. The Hall–Kier alpha value is -1.18. The van der Waals surface area contributed by atoms with Crippen LogP contribution in [0.3, 0.4) is 0 Å². The summed E-state index contributed by atoms with van der Waals surface area (Å²) >= 11 is 3.66. The van der Waals surface area contributed by atoms with Crippen LogP contribution in [0.25, 0.3) is 0 Å². The molecule has 20 heavy (non-hydrogen) atoms. The zero-order valence-electron chi connectivity index (χ0n) is 12.1. The molecule has 0 aromatic carbocycles. The third-order valence-corrected chi connectivity index (χ3v) is 4.29. The Labute approximate surface area is 127 Å². The summed E-state index contributed by atoms with van der Waals surface area (Å²) < 4.78 is 5.03. The Morgan fingerprint density at radius 1 is 1.45 bits per heavy atom. The summed E-state index contributed by atoms with van der Waals surface area (Å²) in [5.74, 6) is 5.70. The van der Waals surface area contributed by atoms with Crippen molar-refractivity contribution in [3.8, 4) is 0 Å². The first-order valence-corrected chi connectivity index (χ1v) is 7.58. The number of hydrogen-bond donors (Lipinski definition) is 2. The fourth-order valence-electron chi connectivity index (χ4n) is 2.27. The molecule has 0 aliphatic rings. The number of halogens is 1. The fraction of sp³-hybridized carbons (Fsp3) is 0.538. The van der Waals surface area contributed by atoms with Gasteiger partial charge in [-0.15, -0.1) is 0 Å². The number of hydrazine groups is 1. The maximum atomic E-state index is 5.70. The molecule has 7 heteroatoms. The van der Waals surface area contributed by atoms with Gasteiger partial charge in [-0.3, -0.25) is 16.0 Å². The number of hydrogen-bond acceptors (Lipinski definition) is 4. The second-order valence-electron chi connectivity index (χ2n) is 4.76. The average Bonchev–Trinajstić information content (AvgIpc) is 3.00. The highest BCUT2D eigenvalue weighted by molar-refractivity contribution is 9.10. The number of aromatic nitrogens is 4. The van der Waals surface area contributed by atoms with Gasteiger partial charge in [0.2, 0.25) is 0 Å². The minimum Gasteiger partial charge on any atom is -0.340 e. The van der Waals surface area contributed by atoms with Crippen LogP contribution in [0.15, 0.2) is 17.0 Å². The van der Waals surface area contributed by atoms with E-state index in [0.717, 1.165) is 40.9 Å². The van der Waals surface area contributed by atoms with Gasteiger partial charge in [-0.25, -0.2) is 4.98 Å². The summed E-state index contributed by atoms with van der Waals surface area (Å²) in [6.07, 6.45) is 5.41. The monoisotopic (exact) mass is 340 g/mol. The van der Waals surface area contributed by atoms with Gasteiger partial charge >= 0.3 is 0 Å². The molecule has 0 radical (unpaired) electrons. The van der Waals surface area contributed by atoms with Crippen molar-refractivity contribution in [3.63, 3.8) is 0 Å². The van der Waals surface area contributed by atoms with Crippen molar-refractivity contribution in [1.29, 1.82) is 0 Å². The van der Waals surface area contributed by atoms with Gasteiger partial charge in [-0.1, -0.05) is 6.92 Å². The van der Waals surface area contributed by atoms with Crippen LogP contribution in [0.5, 0.6) is 0 Å². The van der Waals surface area contributed by atoms with Crippen LogP contribution >= 0.6 is 15.9 Å². The summed E-state index contributed by atoms with van der Waals surface area (Å²) in [5.41, 5.74) is 6.02. The number of aryl methyl sites for hydroxylation is 3. The van der Waals surface area contributed by atoms with Crippen molar-refractivity contribution >= 4 is 15.9 Å². The van der Waals surface area contributed by atoms with Crippen LogP contribution in [0.1, 0.15) is 37.0 Å². The second kappa shape index (κ2) is 6.51.